The highest BCUT2D eigenvalue weighted by Crippen LogP contribution is 2.32. The van der Waals surface area contributed by atoms with Gasteiger partial charge in [-0.05, 0) is 79.8 Å². The summed E-state index contributed by atoms with van der Waals surface area (Å²) in [6.07, 6.45) is 5.11. The summed E-state index contributed by atoms with van der Waals surface area (Å²) >= 11 is 7.20. The van der Waals surface area contributed by atoms with E-state index in [1.807, 2.05) is 4.90 Å². The molecule has 4 heterocycles. The number of hydrogen-bond acceptors (Lipinski definition) is 6. The predicted octanol–water partition coefficient (Wildman–Crippen LogP) is 4.27. The second kappa shape index (κ2) is 11.3. The Labute approximate surface area is 243 Å². The topological polar surface area (TPSA) is 90.0 Å². The van der Waals surface area contributed by atoms with E-state index in [4.69, 9.17) is 11.6 Å². The van der Waals surface area contributed by atoms with Gasteiger partial charge in [0.15, 0.2) is 0 Å². The summed E-state index contributed by atoms with van der Waals surface area (Å²) in [6.45, 7) is 2.88. The molecule has 40 heavy (non-hydrogen) atoms. The van der Waals surface area contributed by atoms with Crippen LogP contribution in [-0.4, -0.2) is 74.8 Å². The number of piperidine rings is 1. The lowest BCUT2D eigenvalue weighted by Gasteiger charge is -2.37. The van der Waals surface area contributed by atoms with E-state index in [0.29, 0.717) is 31.0 Å². The molecule has 212 valence electrons. The number of fused-ring (bicyclic) bond motifs is 2. The van der Waals surface area contributed by atoms with Crippen LogP contribution in [0.2, 0.25) is 5.02 Å². The number of amides is 2. The molecule has 0 radical (unpaired) electrons. The average molecular weight is 601 g/mol. The first-order valence-corrected chi connectivity index (χ1v) is 16.6. The Morgan fingerprint density at radius 1 is 1.00 bits per heavy atom. The molecule has 3 aliphatic rings. The number of sulfonamides is 1. The number of nitrogens with one attached hydrogen (secondary N) is 1. The van der Waals surface area contributed by atoms with Gasteiger partial charge in [0, 0.05) is 47.6 Å². The fourth-order valence-electron chi connectivity index (χ4n) is 6.24. The SMILES string of the molecule is O=C1[C@@H](NS(=O)(=O)c2cc3cc(Cl)ccc3s2)CCCN1CC(=O)N1CCC[C@H]1CN1CCCc2ccccc21. The van der Waals surface area contributed by atoms with Gasteiger partial charge in [0.05, 0.1) is 6.54 Å². The minimum atomic E-state index is -3.91. The Balaban J connectivity index is 1.10. The van der Waals surface area contributed by atoms with Crippen LogP contribution in [-0.2, 0) is 26.0 Å². The molecule has 0 saturated carbocycles. The summed E-state index contributed by atoms with van der Waals surface area (Å²) in [4.78, 5) is 32.7. The first kappa shape index (κ1) is 27.5. The molecule has 0 aliphatic carbocycles. The van der Waals surface area contributed by atoms with Crippen LogP contribution in [0.15, 0.2) is 52.7 Å². The number of para-hydroxylation sites is 1. The van der Waals surface area contributed by atoms with E-state index in [1.165, 1.54) is 16.2 Å². The first-order chi connectivity index (χ1) is 19.3. The highest BCUT2D eigenvalue weighted by atomic mass is 35.5. The zero-order chi connectivity index (χ0) is 27.9. The van der Waals surface area contributed by atoms with Gasteiger partial charge in [-0.2, -0.15) is 4.72 Å². The molecule has 6 rings (SSSR count). The summed E-state index contributed by atoms with van der Waals surface area (Å²) in [5.74, 6) is -0.404. The maximum absolute atomic E-state index is 13.5. The molecular formula is C29H33ClN4O4S2. The van der Waals surface area contributed by atoms with Gasteiger partial charge in [-0.15, -0.1) is 11.3 Å². The Kier molecular flexibility index (Phi) is 7.78. The lowest BCUT2D eigenvalue weighted by molar-refractivity contribution is -0.143. The smallest absolute Gasteiger partial charge is 0.250 e. The van der Waals surface area contributed by atoms with Crippen LogP contribution < -0.4 is 9.62 Å². The molecule has 11 heteroatoms. The zero-order valence-electron chi connectivity index (χ0n) is 22.2. The Morgan fingerprint density at radius 3 is 2.67 bits per heavy atom. The van der Waals surface area contributed by atoms with Crippen molar-refractivity contribution < 1.29 is 18.0 Å². The standard InChI is InChI=1S/C29H33ClN4O4S2/c30-22-11-12-26-21(16-22)17-28(39-26)40(37,38)31-24-9-5-14-33(29(24)36)19-27(35)34-15-4-8-23(34)18-32-13-3-7-20-6-1-2-10-25(20)32/h1-2,6,10-12,16-17,23-24,31H,3-5,7-9,13-15,18-19H2/t23-,24-/m0/s1. The summed E-state index contributed by atoms with van der Waals surface area (Å²) in [5, 5.41) is 1.28. The normalized spacial score (nSPS) is 21.7. The van der Waals surface area contributed by atoms with Crippen molar-refractivity contribution in [2.75, 3.05) is 37.6 Å². The molecule has 0 bridgehead atoms. The maximum Gasteiger partial charge on any atom is 0.250 e. The molecular weight excluding hydrogens is 568 g/mol. The number of benzene rings is 2. The second-order valence-corrected chi connectivity index (χ2v) is 14.3. The largest absolute Gasteiger partial charge is 0.369 e. The van der Waals surface area contributed by atoms with E-state index in [-0.39, 0.29) is 28.6 Å². The third-order valence-corrected chi connectivity index (χ3v) is 11.5. The fourth-order valence-corrected chi connectivity index (χ4v) is 9.04. The van der Waals surface area contributed by atoms with Crippen molar-refractivity contribution in [3.63, 3.8) is 0 Å². The van der Waals surface area contributed by atoms with Crippen molar-refractivity contribution in [3.05, 3.63) is 59.1 Å². The Bertz CT molecular complexity index is 1540. The number of nitrogens with zero attached hydrogens (tertiary/aromatic N) is 3. The van der Waals surface area contributed by atoms with E-state index in [0.717, 1.165) is 60.2 Å². The van der Waals surface area contributed by atoms with Gasteiger partial charge in [-0.25, -0.2) is 8.42 Å². The van der Waals surface area contributed by atoms with Crippen molar-refractivity contribution >= 4 is 60.5 Å². The summed E-state index contributed by atoms with van der Waals surface area (Å²) in [5.41, 5.74) is 2.62. The number of rotatable bonds is 7. The highest BCUT2D eigenvalue weighted by Gasteiger charge is 2.37. The van der Waals surface area contributed by atoms with Crippen LogP contribution in [0.1, 0.15) is 37.7 Å². The molecule has 3 aliphatic heterocycles. The van der Waals surface area contributed by atoms with E-state index >= 15 is 0 Å². The zero-order valence-corrected chi connectivity index (χ0v) is 24.6. The predicted molar refractivity (Wildman–Crippen MR) is 158 cm³/mol. The summed E-state index contributed by atoms with van der Waals surface area (Å²) in [7, 11) is -3.91. The lowest BCUT2D eigenvalue weighted by atomic mass is 10.0. The van der Waals surface area contributed by atoms with Gasteiger partial charge in [-0.3, -0.25) is 9.59 Å². The molecule has 0 spiro atoms. The van der Waals surface area contributed by atoms with Gasteiger partial charge in [-0.1, -0.05) is 29.8 Å². The fraction of sp³-hybridized carbons (Fsp3) is 0.448. The number of thiophene rings is 1. The number of carbonyl (C=O) groups excluding carboxylic acids is 2. The van der Waals surface area contributed by atoms with Crippen molar-refractivity contribution in [1.82, 2.24) is 14.5 Å². The number of aryl methyl sites for hydroxylation is 1. The average Bonchev–Trinajstić information content (AvgIpc) is 3.58. The first-order valence-electron chi connectivity index (χ1n) is 13.9. The van der Waals surface area contributed by atoms with Crippen LogP contribution in [0.3, 0.4) is 0 Å². The molecule has 2 amide bonds. The van der Waals surface area contributed by atoms with E-state index in [2.05, 4.69) is 33.9 Å². The van der Waals surface area contributed by atoms with E-state index < -0.39 is 16.1 Å². The van der Waals surface area contributed by atoms with Crippen LogP contribution in [0, 0.1) is 0 Å². The van der Waals surface area contributed by atoms with Crippen LogP contribution in [0.25, 0.3) is 10.1 Å². The molecule has 2 aromatic carbocycles. The second-order valence-electron chi connectivity index (χ2n) is 10.9. The Morgan fingerprint density at radius 2 is 1.80 bits per heavy atom. The molecule has 1 N–H and O–H groups in total. The maximum atomic E-state index is 13.5. The number of halogens is 1. The minimum Gasteiger partial charge on any atom is -0.369 e. The minimum absolute atomic E-state index is 0.0223. The third-order valence-electron chi connectivity index (χ3n) is 8.21. The van der Waals surface area contributed by atoms with E-state index in [9.17, 15) is 18.0 Å². The lowest BCUT2D eigenvalue weighted by Crippen LogP contribution is -2.55. The highest BCUT2D eigenvalue weighted by molar-refractivity contribution is 7.91. The molecule has 0 unspecified atom stereocenters. The van der Waals surface area contributed by atoms with Gasteiger partial charge in [0.2, 0.25) is 11.8 Å². The van der Waals surface area contributed by atoms with Crippen molar-refractivity contribution in [3.8, 4) is 0 Å². The molecule has 8 nitrogen and oxygen atoms in total. The molecule has 1 aromatic heterocycles. The summed E-state index contributed by atoms with van der Waals surface area (Å²) in [6, 6.07) is 14.5. The van der Waals surface area contributed by atoms with Crippen molar-refractivity contribution in [1.29, 1.82) is 0 Å². The number of carbonyl (C=O) groups is 2. The van der Waals surface area contributed by atoms with E-state index in [1.54, 1.807) is 24.3 Å². The quantitative estimate of drug-likeness (QED) is 0.438. The van der Waals surface area contributed by atoms with Crippen molar-refractivity contribution in [2.45, 2.75) is 54.8 Å². The third kappa shape index (κ3) is 5.59. The molecule has 2 saturated heterocycles. The monoisotopic (exact) mass is 600 g/mol. The molecule has 3 aromatic rings. The van der Waals surface area contributed by atoms with Crippen LogP contribution in [0.5, 0.6) is 0 Å². The number of anilines is 1. The van der Waals surface area contributed by atoms with Crippen LogP contribution >= 0.6 is 22.9 Å². The van der Waals surface area contributed by atoms with Gasteiger partial charge < -0.3 is 14.7 Å². The van der Waals surface area contributed by atoms with Crippen LogP contribution in [0.4, 0.5) is 5.69 Å². The van der Waals surface area contributed by atoms with Gasteiger partial charge >= 0.3 is 0 Å². The van der Waals surface area contributed by atoms with Gasteiger partial charge in [0.25, 0.3) is 10.0 Å². The summed E-state index contributed by atoms with van der Waals surface area (Å²) < 4.78 is 29.9. The number of hydrogen-bond donors (Lipinski definition) is 1. The Hall–Kier alpha value is -2.66. The molecule has 2 atom stereocenters. The number of likely N-dealkylation sites (tertiary alicyclic amines) is 2. The van der Waals surface area contributed by atoms with Crippen molar-refractivity contribution in [2.24, 2.45) is 0 Å². The molecule has 2 fully saturated rings. The van der Waals surface area contributed by atoms with Gasteiger partial charge in [0.1, 0.15) is 10.3 Å².